The van der Waals surface area contributed by atoms with E-state index in [1.165, 1.54) is 12.8 Å². The van der Waals surface area contributed by atoms with E-state index in [0.29, 0.717) is 6.04 Å². The van der Waals surface area contributed by atoms with Crippen molar-refractivity contribution in [1.29, 1.82) is 0 Å². The monoisotopic (exact) mass is 180 g/mol. The Labute approximate surface area is 78.3 Å². The van der Waals surface area contributed by atoms with Crippen molar-refractivity contribution in [2.24, 2.45) is 7.05 Å². The van der Waals surface area contributed by atoms with Crippen LogP contribution in [-0.4, -0.2) is 28.9 Å². The summed E-state index contributed by atoms with van der Waals surface area (Å²) < 4.78 is 1.86. The number of aryl methyl sites for hydroxylation is 1. The molecule has 72 valence electrons. The largest absolute Gasteiger partial charge is 0.369 e. The normalized spacial score (nSPS) is 22.1. The molecular formula is C9H16N4. The van der Waals surface area contributed by atoms with Gasteiger partial charge in [0.2, 0.25) is 0 Å². The van der Waals surface area contributed by atoms with Crippen LogP contribution in [-0.2, 0) is 7.05 Å². The molecule has 0 aliphatic carbocycles. The second kappa shape index (κ2) is 3.79. The Balaban J connectivity index is 1.82. The molecule has 1 aliphatic rings. The van der Waals surface area contributed by atoms with E-state index >= 15 is 0 Å². The average Bonchev–Trinajstić information content (AvgIpc) is 2.72. The van der Waals surface area contributed by atoms with Crippen molar-refractivity contribution in [3.8, 4) is 0 Å². The minimum atomic E-state index is 0.634. The smallest absolute Gasteiger partial charge is 0.123 e. The summed E-state index contributed by atoms with van der Waals surface area (Å²) in [5.41, 5.74) is 0. The molecule has 2 N–H and O–H groups in total. The summed E-state index contributed by atoms with van der Waals surface area (Å²) in [6.07, 6.45) is 4.40. The standard InChI is InChI=1S/C9H16N4/c1-13-9(4-6-12-13)11-7-8-3-2-5-10-8/h4,6,8,10-11H,2-3,5,7H2,1H3. The van der Waals surface area contributed by atoms with Gasteiger partial charge in [-0.05, 0) is 19.4 Å². The minimum Gasteiger partial charge on any atom is -0.369 e. The van der Waals surface area contributed by atoms with E-state index in [1.54, 1.807) is 0 Å². The molecule has 0 amide bonds. The van der Waals surface area contributed by atoms with Gasteiger partial charge in [0.05, 0.1) is 6.20 Å². The van der Waals surface area contributed by atoms with Crippen LogP contribution in [0.3, 0.4) is 0 Å². The number of aromatic nitrogens is 2. The predicted molar refractivity (Wildman–Crippen MR) is 52.7 cm³/mol. The number of rotatable bonds is 3. The summed E-state index contributed by atoms with van der Waals surface area (Å²) in [5, 5.41) is 10.9. The lowest BCUT2D eigenvalue weighted by atomic mass is 10.2. The number of anilines is 1. The van der Waals surface area contributed by atoms with Crippen LogP contribution in [0.1, 0.15) is 12.8 Å². The van der Waals surface area contributed by atoms with Gasteiger partial charge in [0.15, 0.2) is 0 Å². The maximum absolute atomic E-state index is 4.10. The molecule has 0 radical (unpaired) electrons. The highest BCUT2D eigenvalue weighted by Gasteiger charge is 2.13. The first kappa shape index (κ1) is 8.56. The van der Waals surface area contributed by atoms with Crippen molar-refractivity contribution in [2.75, 3.05) is 18.4 Å². The fourth-order valence-corrected chi connectivity index (χ4v) is 1.71. The fraction of sp³-hybridized carbons (Fsp3) is 0.667. The lowest BCUT2D eigenvalue weighted by molar-refractivity contribution is 0.628. The quantitative estimate of drug-likeness (QED) is 0.715. The summed E-state index contributed by atoms with van der Waals surface area (Å²) in [4.78, 5) is 0. The van der Waals surface area contributed by atoms with Crippen LogP contribution in [0.15, 0.2) is 12.3 Å². The summed E-state index contributed by atoms with van der Waals surface area (Å²) >= 11 is 0. The van der Waals surface area contributed by atoms with E-state index < -0.39 is 0 Å². The number of hydrogen-bond donors (Lipinski definition) is 2. The summed E-state index contributed by atoms with van der Waals surface area (Å²) in [7, 11) is 1.95. The van der Waals surface area contributed by atoms with E-state index in [2.05, 4.69) is 15.7 Å². The topological polar surface area (TPSA) is 41.9 Å². The van der Waals surface area contributed by atoms with Crippen LogP contribution in [0.25, 0.3) is 0 Å². The Morgan fingerprint density at radius 3 is 3.31 bits per heavy atom. The van der Waals surface area contributed by atoms with E-state index in [0.717, 1.165) is 18.9 Å². The average molecular weight is 180 g/mol. The summed E-state index contributed by atoms with van der Waals surface area (Å²) in [6, 6.07) is 2.63. The Hall–Kier alpha value is -1.03. The molecule has 1 fully saturated rings. The fourth-order valence-electron chi connectivity index (χ4n) is 1.71. The van der Waals surface area contributed by atoms with Gasteiger partial charge in [0.25, 0.3) is 0 Å². The van der Waals surface area contributed by atoms with Crippen molar-refractivity contribution in [2.45, 2.75) is 18.9 Å². The molecule has 1 aliphatic heterocycles. The van der Waals surface area contributed by atoms with Crippen molar-refractivity contribution in [1.82, 2.24) is 15.1 Å². The molecular weight excluding hydrogens is 164 g/mol. The molecule has 2 heterocycles. The second-order valence-electron chi connectivity index (χ2n) is 3.51. The van der Waals surface area contributed by atoms with E-state index in [-0.39, 0.29) is 0 Å². The van der Waals surface area contributed by atoms with Crippen LogP contribution in [0.5, 0.6) is 0 Å². The predicted octanol–water partition coefficient (Wildman–Crippen LogP) is 0.584. The molecule has 1 atom stereocenters. The second-order valence-corrected chi connectivity index (χ2v) is 3.51. The van der Waals surface area contributed by atoms with Gasteiger partial charge in [-0.2, -0.15) is 5.10 Å². The van der Waals surface area contributed by atoms with Gasteiger partial charge in [-0.3, -0.25) is 4.68 Å². The van der Waals surface area contributed by atoms with Crippen molar-refractivity contribution < 1.29 is 0 Å². The minimum absolute atomic E-state index is 0.634. The highest BCUT2D eigenvalue weighted by Crippen LogP contribution is 2.07. The van der Waals surface area contributed by atoms with Crippen molar-refractivity contribution >= 4 is 5.82 Å². The SMILES string of the molecule is Cn1nccc1NCC1CCCN1. The number of nitrogens with one attached hydrogen (secondary N) is 2. The van der Waals surface area contributed by atoms with Gasteiger partial charge in [-0.25, -0.2) is 0 Å². The highest BCUT2D eigenvalue weighted by molar-refractivity contribution is 5.33. The van der Waals surface area contributed by atoms with Crippen molar-refractivity contribution in [3.63, 3.8) is 0 Å². The zero-order valence-electron chi connectivity index (χ0n) is 7.95. The zero-order valence-corrected chi connectivity index (χ0v) is 7.95. The van der Waals surface area contributed by atoms with Gasteiger partial charge >= 0.3 is 0 Å². The maximum atomic E-state index is 4.10. The summed E-state index contributed by atoms with van der Waals surface area (Å²) in [6.45, 7) is 2.16. The van der Waals surface area contributed by atoms with Gasteiger partial charge < -0.3 is 10.6 Å². The molecule has 1 saturated heterocycles. The summed E-state index contributed by atoms with van der Waals surface area (Å²) in [5.74, 6) is 1.09. The number of hydrogen-bond acceptors (Lipinski definition) is 3. The maximum Gasteiger partial charge on any atom is 0.123 e. The molecule has 4 heteroatoms. The van der Waals surface area contributed by atoms with Crippen LogP contribution in [0, 0.1) is 0 Å². The Morgan fingerprint density at radius 2 is 2.69 bits per heavy atom. The van der Waals surface area contributed by atoms with E-state index in [9.17, 15) is 0 Å². The third-order valence-electron chi connectivity index (χ3n) is 2.51. The first-order valence-corrected chi connectivity index (χ1v) is 4.81. The molecule has 0 saturated carbocycles. The first-order chi connectivity index (χ1) is 6.36. The molecule has 2 rings (SSSR count). The van der Waals surface area contributed by atoms with Crippen LogP contribution in [0.2, 0.25) is 0 Å². The van der Waals surface area contributed by atoms with Gasteiger partial charge in [-0.1, -0.05) is 0 Å². The van der Waals surface area contributed by atoms with Crippen LogP contribution < -0.4 is 10.6 Å². The highest BCUT2D eigenvalue weighted by atomic mass is 15.3. The molecule has 0 aromatic carbocycles. The van der Waals surface area contributed by atoms with Crippen molar-refractivity contribution in [3.05, 3.63) is 12.3 Å². The molecule has 0 bridgehead atoms. The molecule has 1 aromatic heterocycles. The number of nitrogens with zero attached hydrogens (tertiary/aromatic N) is 2. The van der Waals surface area contributed by atoms with Gasteiger partial charge in [0, 0.05) is 25.7 Å². The van der Waals surface area contributed by atoms with Crippen LogP contribution >= 0.6 is 0 Å². The molecule has 1 unspecified atom stereocenters. The lowest BCUT2D eigenvalue weighted by Gasteiger charge is -2.12. The first-order valence-electron chi connectivity index (χ1n) is 4.81. The zero-order chi connectivity index (χ0) is 9.10. The molecule has 4 nitrogen and oxygen atoms in total. The van der Waals surface area contributed by atoms with Crippen LogP contribution in [0.4, 0.5) is 5.82 Å². The molecule has 13 heavy (non-hydrogen) atoms. The lowest BCUT2D eigenvalue weighted by Crippen LogP contribution is -2.29. The van der Waals surface area contributed by atoms with Gasteiger partial charge in [-0.15, -0.1) is 0 Å². The Kier molecular flexibility index (Phi) is 2.49. The third kappa shape index (κ3) is 2.01. The Bertz CT molecular complexity index is 262. The van der Waals surface area contributed by atoms with E-state index in [4.69, 9.17) is 0 Å². The van der Waals surface area contributed by atoms with E-state index in [1.807, 2.05) is 24.0 Å². The molecule has 1 aromatic rings. The molecule has 0 spiro atoms. The Morgan fingerprint density at radius 1 is 1.77 bits per heavy atom. The third-order valence-corrected chi connectivity index (χ3v) is 2.51. The van der Waals surface area contributed by atoms with Gasteiger partial charge in [0.1, 0.15) is 5.82 Å².